The minimum Gasteiger partial charge on any atom is -0.497 e. The van der Waals surface area contributed by atoms with Crippen LogP contribution in [-0.4, -0.2) is 13.7 Å². The number of hydrogen-bond acceptors (Lipinski definition) is 3. The van der Waals surface area contributed by atoms with E-state index in [1.807, 2.05) is 12.1 Å². The smallest absolute Gasteiger partial charge is 0.146 e. The molecule has 0 amide bonds. The van der Waals surface area contributed by atoms with Crippen LogP contribution in [0.3, 0.4) is 0 Å². The van der Waals surface area contributed by atoms with Crippen LogP contribution >= 0.6 is 27.5 Å². The molecule has 3 N–H and O–H groups in total. The molecule has 0 radical (unpaired) electrons. The summed E-state index contributed by atoms with van der Waals surface area (Å²) in [5.74, 6) is 0.190. The predicted octanol–water partition coefficient (Wildman–Crippen LogP) is 4.36. The fourth-order valence-corrected chi connectivity index (χ4v) is 2.60. The first-order valence-corrected chi connectivity index (χ1v) is 7.47. The van der Waals surface area contributed by atoms with Crippen molar-refractivity contribution in [3.05, 3.63) is 57.3 Å². The summed E-state index contributed by atoms with van der Waals surface area (Å²) in [4.78, 5) is 0. The Morgan fingerprint density at radius 3 is 2.76 bits per heavy atom. The quantitative estimate of drug-likeness (QED) is 0.818. The van der Waals surface area contributed by atoms with Crippen LogP contribution in [0.2, 0.25) is 5.02 Å². The van der Waals surface area contributed by atoms with E-state index < -0.39 is 0 Å². The second-order valence-corrected chi connectivity index (χ2v) is 5.77. The van der Waals surface area contributed by atoms with Crippen molar-refractivity contribution in [2.75, 3.05) is 19.0 Å². The second kappa shape index (κ2) is 7.11. The van der Waals surface area contributed by atoms with Crippen molar-refractivity contribution in [1.82, 2.24) is 0 Å². The fourth-order valence-electron chi connectivity index (χ4n) is 1.97. The third kappa shape index (κ3) is 3.87. The van der Waals surface area contributed by atoms with Crippen molar-refractivity contribution in [3.8, 4) is 5.75 Å². The molecule has 0 fully saturated rings. The molecule has 6 heteroatoms. The Labute approximate surface area is 136 Å². The molecule has 3 nitrogen and oxygen atoms in total. The minimum absolute atomic E-state index is 0.271. The van der Waals surface area contributed by atoms with Crippen molar-refractivity contribution in [2.45, 2.75) is 6.04 Å². The van der Waals surface area contributed by atoms with E-state index in [2.05, 4.69) is 21.2 Å². The first-order valence-electron chi connectivity index (χ1n) is 6.30. The molecule has 112 valence electrons. The number of benzene rings is 2. The number of nitrogens with one attached hydrogen (secondary N) is 1. The lowest BCUT2D eigenvalue weighted by Gasteiger charge is -2.21. The van der Waals surface area contributed by atoms with Gasteiger partial charge >= 0.3 is 0 Å². The van der Waals surface area contributed by atoms with E-state index in [9.17, 15) is 4.39 Å². The molecule has 1 atom stereocenters. The van der Waals surface area contributed by atoms with Gasteiger partial charge in [-0.1, -0.05) is 27.5 Å². The molecule has 2 aromatic rings. The first-order chi connectivity index (χ1) is 10.0. The van der Waals surface area contributed by atoms with Crippen LogP contribution in [0.4, 0.5) is 10.1 Å². The van der Waals surface area contributed by atoms with Crippen LogP contribution < -0.4 is 15.8 Å². The van der Waals surface area contributed by atoms with E-state index in [1.54, 1.807) is 18.2 Å². The molecule has 0 aliphatic heterocycles. The number of rotatable bonds is 5. The largest absolute Gasteiger partial charge is 0.497 e. The molecule has 0 aromatic heterocycles. The molecule has 21 heavy (non-hydrogen) atoms. The van der Waals surface area contributed by atoms with E-state index in [0.717, 1.165) is 10.0 Å². The van der Waals surface area contributed by atoms with Gasteiger partial charge < -0.3 is 15.8 Å². The molecule has 0 heterocycles. The first kappa shape index (κ1) is 16.1. The van der Waals surface area contributed by atoms with Gasteiger partial charge in [0.2, 0.25) is 0 Å². The maximum Gasteiger partial charge on any atom is 0.146 e. The standard InChI is InChI=1S/C15H15BrClFN2O/c1-21-10-3-5-13(18)14(7-10)20-15(8-19)11-6-9(16)2-4-12(11)17/h2-7,15,20H,8,19H2,1H3. The number of methoxy groups -OCH3 is 1. The summed E-state index contributed by atoms with van der Waals surface area (Å²) in [5, 5.41) is 3.64. The Balaban J connectivity index is 2.33. The molecule has 0 bridgehead atoms. The average molecular weight is 374 g/mol. The number of anilines is 1. The molecule has 1 unspecified atom stereocenters. The zero-order chi connectivity index (χ0) is 15.4. The molecule has 2 rings (SSSR count). The van der Waals surface area contributed by atoms with Gasteiger partial charge in [-0.3, -0.25) is 0 Å². The van der Waals surface area contributed by atoms with E-state index in [1.165, 1.54) is 13.2 Å². The van der Waals surface area contributed by atoms with Crippen molar-refractivity contribution < 1.29 is 9.13 Å². The number of ether oxygens (including phenoxy) is 1. The van der Waals surface area contributed by atoms with Crippen LogP contribution in [0, 0.1) is 5.82 Å². The molecule has 0 saturated carbocycles. The van der Waals surface area contributed by atoms with Gasteiger partial charge in [-0.15, -0.1) is 0 Å². The SMILES string of the molecule is COc1ccc(F)c(NC(CN)c2cc(Br)ccc2Cl)c1. The Bertz CT molecular complexity index is 639. The van der Waals surface area contributed by atoms with Crippen LogP contribution in [0.5, 0.6) is 5.75 Å². The predicted molar refractivity (Wildman–Crippen MR) is 87.5 cm³/mol. The van der Waals surface area contributed by atoms with E-state index in [4.69, 9.17) is 22.1 Å². The monoisotopic (exact) mass is 372 g/mol. The highest BCUT2D eigenvalue weighted by molar-refractivity contribution is 9.10. The second-order valence-electron chi connectivity index (χ2n) is 4.44. The van der Waals surface area contributed by atoms with Crippen molar-refractivity contribution in [1.29, 1.82) is 0 Å². The lowest BCUT2D eigenvalue weighted by molar-refractivity contribution is 0.414. The maximum atomic E-state index is 13.9. The molecule has 0 aliphatic carbocycles. The lowest BCUT2D eigenvalue weighted by Crippen LogP contribution is -2.21. The highest BCUT2D eigenvalue weighted by Gasteiger charge is 2.16. The summed E-state index contributed by atoms with van der Waals surface area (Å²) >= 11 is 9.59. The summed E-state index contributed by atoms with van der Waals surface area (Å²) in [7, 11) is 1.53. The Morgan fingerprint density at radius 2 is 2.10 bits per heavy atom. The van der Waals surface area contributed by atoms with Crippen LogP contribution in [0.25, 0.3) is 0 Å². The molecular formula is C15H15BrClFN2O. The minimum atomic E-state index is -0.375. The van der Waals surface area contributed by atoms with Gasteiger partial charge in [-0.05, 0) is 35.9 Å². The summed E-state index contributed by atoms with van der Waals surface area (Å²) in [5.41, 5.74) is 6.92. The summed E-state index contributed by atoms with van der Waals surface area (Å²) < 4.78 is 19.9. The van der Waals surface area contributed by atoms with Crippen LogP contribution in [0.1, 0.15) is 11.6 Å². The fraction of sp³-hybridized carbons (Fsp3) is 0.200. The average Bonchev–Trinajstić information content (AvgIpc) is 2.49. The van der Waals surface area contributed by atoms with Gasteiger partial charge in [-0.25, -0.2) is 4.39 Å². The zero-order valence-electron chi connectivity index (χ0n) is 11.4. The van der Waals surface area contributed by atoms with Gasteiger partial charge in [0.25, 0.3) is 0 Å². The Hall–Kier alpha value is -1.30. The van der Waals surface area contributed by atoms with Gasteiger partial charge in [-0.2, -0.15) is 0 Å². The maximum absolute atomic E-state index is 13.9. The molecule has 0 aliphatic rings. The van der Waals surface area contributed by atoms with Crippen LogP contribution in [-0.2, 0) is 0 Å². The number of nitrogens with two attached hydrogens (primary N) is 1. The number of hydrogen-bond donors (Lipinski definition) is 2. The molecule has 0 spiro atoms. The Morgan fingerprint density at radius 1 is 1.33 bits per heavy atom. The van der Waals surface area contributed by atoms with E-state index >= 15 is 0 Å². The highest BCUT2D eigenvalue weighted by atomic mass is 79.9. The number of halogens is 3. The summed E-state index contributed by atoms with van der Waals surface area (Å²) in [6.07, 6.45) is 0. The van der Waals surface area contributed by atoms with E-state index in [-0.39, 0.29) is 18.4 Å². The molecular weight excluding hydrogens is 359 g/mol. The van der Waals surface area contributed by atoms with Gasteiger partial charge in [0, 0.05) is 22.1 Å². The molecule has 0 saturated heterocycles. The lowest BCUT2D eigenvalue weighted by atomic mass is 10.1. The third-order valence-corrected chi connectivity index (χ3v) is 3.91. The highest BCUT2D eigenvalue weighted by Crippen LogP contribution is 2.30. The topological polar surface area (TPSA) is 47.3 Å². The van der Waals surface area contributed by atoms with Crippen molar-refractivity contribution in [2.24, 2.45) is 5.73 Å². The summed E-state index contributed by atoms with van der Waals surface area (Å²) in [6, 6.07) is 9.66. The molecule has 2 aromatic carbocycles. The van der Waals surface area contributed by atoms with Crippen molar-refractivity contribution >= 4 is 33.2 Å². The third-order valence-electron chi connectivity index (χ3n) is 3.07. The summed E-state index contributed by atoms with van der Waals surface area (Å²) in [6.45, 7) is 0.271. The van der Waals surface area contributed by atoms with Crippen LogP contribution in [0.15, 0.2) is 40.9 Å². The van der Waals surface area contributed by atoms with Gasteiger partial charge in [0.1, 0.15) is 11.6 Å². The van der Waals surface area contributed by atoms with Gasteiger partial charge in [0.05, 0.1) is 18.8 Å². The van der Waals surface area contributed by atoms with Crippen molar-refractivity contribution in [3.63, 3.8) is 0 Å². The normalized spacial score (nSPS) is 12.0. The Kier molecular flexibility index (Phi) is 5.45. The zero-order valence-corrected chi connectivity index (χ0v) is 13.7. The van der Waals surface area contributed by atoms with Gasteiger partial charge in [0.15, 0.2) is 0 Å². The van der Waals surface area contributed by atoms with E-state index in [0.29, 0.717) is 16.5 Å².